The quantitative estimate of drug-likeness (QED) is 0.662. The molecule has 1 aromatic heterocycles. The van der Waals surface area contributed by atoms with E-state index in [4.69, 9.17) is 5.84 Å². The third-order valence-corrected chi connectivity index (χ3v) is 4.31. The number of fused-ring (bicyclic) bond motifs is 1. The van der Waals surface area contributed by atoms with E-state index in [1.165, 1.54) is 36.6 Å². The summed E-state index contributed by atoms with van der Waals surface area (Å²) in [5.74, 6) is 6.43. The highest BCUT2D eigenvalue weighted by molar-refractivity contribution is 5.81. The Bertz CT molecular complexity index is 590. The highest BCUT2D eigenvalue weighted by Gasteiger charge is 2.20. The van der Waals surface area contributed by atoms with Gasteiger partial charge in [-0.2, -0.15) is 0 Å². The normalized spacial score (nSPS) is 16.1. The zero-order chi connectivity index (χ0) is 13.9. The highest BCUT2D eigenvalue weighted by atomic mass is 15.3. The molecule has 3 N–H and O–H groups in total. The molecule has 1 heterocycles. The van der Waals surface area contributed by atoms with E-state index in [0.717, 1.165) is 17.9 Å². The van der Waals surface area contributed by atoms with Crippen molar-refractivity contribution < 1.29 is 0 Å². The van der Waals surface area contributed by atoms with Crippen molar-refractivity contribution in [2.45, 2.75) is 38.3 Å². The first-order valence-corrected chi connectivity index (χ1v) is 7.33. The Kier molecular flexibility index (Phi) is 3.85. The van der Waals surface area contributed by atoms with Crippen LogP contribution in [0.5, 0.6) is 0 Å². The molecule has 20 heavy (non-hydrogen) atoms. The number of aromatic nitrogens is 1. The molecule has 0 bridgehead atoms. The lowest BCUT2D eigenvalue weighted by atomic mass is 10.1. The summed E-state index contributed by atoms with van der Waals surface area (Å²) in [6, 6.07) is 11.1. The second-order valence-electron chi connectivity index (χ2n) is 5.69. The number of nitrogens with one attached hydrogen (secondary N) is 1. The van der Waals surface area contributed by atoms with Crippen molar-refractivity contribution >= 4 is 16.7 Å². The van der Waals surface area contributed by atoms with Crippen LogP contribution in [0.25, 0.3) is 10.9 Å². The minimum Gasteiger partial charge on any atom is -0.308 e. The summed E-state index contributed by atoms with van der Waals surface area (Å²) in [7, 11) is 2.20. The van der Waals surface area contributed by atoms with E-state index in [9.17, 15) is 0 Å². The zero-order valence-corrected chi connectivity index (χ0v) is 12.0. The molecule has 0 saturated heterocycles. The fourth-order valence-corrected chi connectivity index (χ4v) is 3.15. The van der Waals surface area contributed by atoms with Gasteiger partial charge in [0, 0.05) is 23.5 Å². The second kappa shape index (κ2) is 5.77. The number of nitrogen functional groups attached to an aromatic ring is 1. The molecule has 1 fully saturated rings. The van der Waals surface area contributed by atoms with Gasteiger partial charge in [-0.05, 0) is 32.0 Å². The average molecular weight is 270 g/mol. The lowest BCUT2D eigenvalue weighted by Gasteiger charge is -2.25. The van der Waals surface area contributed by atoms with Crippen molar-refractivity contribution in [3.63, 3.8) is 0 Å². The molecule has 1 aliphatic carbocycles. The first kappa shape index (κ1) is 13.3. The van der Waals surface area contributed by atoms with Gasteiger partial charge in [-0.3, -0.25) is 4.90 Å². The number of nitrogens with zero attached hydrogens (tertiary/aromatic N) is 2. The van der Waals surface area contributed by atoms with Crippen molar-refractivity contribution in [2.24, 2.45) is 5.84 Å². The van der Waals surface area contributed by atoms with Crippen LogP contribution in [0.4, 0.5) is 5.82 Å². The van der Waals surface area contributed by atoms with Gasteiger partial charge in [0.05, 0.1) is 5.52 Å². The molecule has 0 amide bonds. The Hall–Kier alpha value is -1.65. The van der Waals surface area contributed by atoms with E-state index in [-0.39, 0.29) is 0 Å². The van der Waals surface area contributed by atoms with Crippen LogP contribution >= 0.6 is 0 Å². The molecule has 1 aliphatic rings. The van der Waals surface area contributed by atoms with Crippen molar-refractivity contribution in [1.82, 2.24) is 9.88 Å². The molecule has 0 spiro atoms. The van der Waals surface area contributed by atoms with Crippen LogP contribution < -0.4 is 11.3 Å². The predicted octanol–water partition coefficient (Wildman–Crippen LogP) is 2.89. The van der Waals surface area contributed by atoms with Crippen LogP contribution in [-0.4, -0.2) is 23.0 Å². The lowest BCUT2D eigenvalue weighted by Crippen LogP contribution is -2.29. The molecule has 0 radical (unpaired) electrons. The Morgan fingerprint density at radius 1 is 1.30 bits per heavy atom. The molecule has 0 aliphatic heterocycles. The van der Waals surface area contributed by atoms with Crippen LogP contribution in [0, 0.1) is 0 Å². The molecule has 1 aromatic carbocycles. The smallest absolute Gasteiger partial charge is 0.145 e. The number of rotatable bonds is 4. The highest BCUT2D eigenvalue weighted by Crippen LogP contribution is 2.26. The Morgan fingerprint density at radius 2 is 2.05 bits per heavy atom. The SMILES string of the molecule is CN(Cc1cc2ccccc2nc1NN)C1CCCC1. The van der Waals surface area contributed by atoms with Gasteiger partial charge >= 0.3 is 0 Å². The molecular formula is C16H22N4. The molecule has 1 saturated carbocycles. The number of hydrogen-bond acceptors (Lipinski definition) is 4. The van der Waals surface area contributed by atoms with E-state index in [0.29, 0.717) is 6.04 Å². The van der Waals surface area contributed by atoms with Gasteiger partial charge in [-0.1, -0.05) is 31.0 Å². The number of nitrogens with two attached hydrogens (primary N) is 1. The van der Waals surface area contributed by atoms with E-state index in [1.807, 2.05) is 18.2 Å². The number of hydrogen-bond donors (Lipinski definition) is 2. The summed E-state index contributed by atoms with van der Waals surface area (Å²) in [6.07, 6.45) is 5.33. The maximum absolute atomic E-state index is 5.64. The fraction of sp³-hybridized carbons (Fsp3) is 0.438. The standard InChI is InChI=1S/C16H22N4/c1-20(14-7-3-4-8-14)11-13-10-12-6-2-5-9-15(12)18-16(13)19-17/h2,5-6,9-10,14H,3-4,7-8,11,17H2,1H3,(H,18,19). The number of para-hydroxylation sites is 1. The van der Waals surface area contributed by atoms with Gasteiger partial charge in [-0.15, -0.1) is 0 Å². The zero-order valence-electron chi connectivity index (χ0n) is 12.0. The third kappa shape index (κ3) is 2.62. The third-order valence-electron chi connectivity index (χ3n) is 4.31. The Labute approximate surface area is 120 Å². The molecule has 4 nitrogen and oxygen atoms in total. The lowest BCUT2D eigenvalue weighted by molar-refractivity contribution is 0.237. The van der Waals surface area contributed by atoms with E-state index in [1.54, 1.807) is 0 Å². The fourth-order valence-electron chi connectivity index (χ4n) is 3.15. The first-order valence-electron chi connectivity index (χ1n) is 7.33. The molecule has 4 heteroatoms. The van der Waals surface area contributed by atoms with Crippen molar-refractivity contribution in [1.29, 1.82) is 0 Å². The number of benzene rings is 1. The van der Waals surface area contributed by atoms with Gasteiger partial charge < -0.3 is 5.43 Å². The summed E-state index contributed by atoms with van der Waals surface area (Å²) in [5, 5.41) is 1.17. The Balaban J connectivity index is 1.88. The molecular weight excluding hydrogens is 248 g/mol. The molecule has 2 aromatic rings. The minimum absolute atomic E-state index is 0.701. The topological polar surface area (TPSA) is 54.2 Å². The van der Waals surface area contributed by atoms with Crippen LogP contribution in [0.15, 0.2) is 30.3 Å². The Morgan fingerprint density at radius 3 is 2.80 bits per heavy atom. The molecule has 106 valence electrons. The van der Waals surface area contributed by atoms with Gasteiger partial charge in [0.25, 0.3) is 0 Å². The van der Waals surface area contributed by atoms with Gasteiger partial charge in [-0.25, -0.2) is 10.8 Å². The summed E-state index contributed by atoms with van der Waals surface area (Å²) in [6.45, 7) is 0.891. The largest absolute Gasteiger partial charge is 0.308 e. The second-order valence-corrected chi connectivity index (χ2v) is 5.69. The van der Waals surface area contributed by atoms with Gasteiger partial charge in [0.2, 0.25) is 0 Å². The van der Waals surface area contributed by atoms with E-state index in [2.05, 4.69) is 34.5 Å². The van der Waals surface area contributed by atoms with Crippen LogP contribution in [0.3, 0.4) is 0 Å². The maximum Gasteiger partial charge on any atom is 0.145 e. The first-order chi connectivity index (χ1) is 9.78. The summed E-state index contributed by atoms with van der Waals surface area (Å²) in [5.41, 5.74) is 4.89. The number of anilines is 1. The van der Waals surface area contributed by atoms with Crippen molar-refractivity contribution in [3.8, 4) is 0 Å². The van der Waals surface area contributed by atoms with Gasteiger partial charge in [0.15, 0.2) is 0 Å². The monoisotopic (exact) mass is 270 g/mol. The summed E-state index contributed by atoms with van der Waals surface area (Å²) < 4.78 is 0. The molecule has 3 rings (SSSR count). The van der Waals surface area contributed by atoms with Gasteiger partial charge in [0.1, 0.15) is 5.82 Å². The molecule has 0 atom stereocenters. The van der Waals surface area contributed by atoms with Crippen LogP contribution in [0.1, 0.15) is 31.2 Å². The minimum atomic E-state index is 0.701. The van der Waals surface area contributed by atoms with E-state index < -0.39 is 0 Å². The summed E-state index contributed by atoms with van der Waals surface area (Å²) >= 11 is 0. The van der Waals surface area contributed by atoms with Crippen LogP contribution in [-0.2, 0) is 6.54 Å². The van der Waals surface area contributed by atoms with Crippen molar-refractivity contribution in [2.75, 3.05) is 12.5 Å². The van der Waals surface area contributed by atoms with Crippen molar-refractivity contribution in [3.05, 3.63) is 35.9 Å². The van der Waals surface area contributed by atoms with E-state index >= 15 is 0 Å². The molecule has 0 unspecified atom stereocenters. The summed E-state index contributed by atoms with van der Waals surface area (Å²) in [4.78, 5) is 7.04. The number of pyridine rings is 1. The van der Waals surface area contributed by atoms with Crippen LogP contribution in [0.2, 0.25) is 0 Å². The average Bonchev–Trinajstić information content (AvgIpc) is 3.01. The maximum atomic E-state index is 5.64. The predicted molar refractivity (Wildman–Crippen MR) is 83.3 cm³/mol. The number of hydrazine groups is 1.